The number of ketones is 1. The van der Waals surface area contributed by atoms with Gasteiger partial charge in [0.25, 0.3) is 5.91 Å². The van der Waals surface area contributed by atoms with E-state index in [0.717, 1.165) is 25.7 Å². The largest absolute Gasteiger partial charge is 0.444 e. The van der Waals surface area contributed by atoms with Crippen LogP contribution in [0.4, 0.5) is 4.79 Å². The van der Waals surface area contributed by atoms with Gasteiger partial charge < -0.3 is 20.3 Å². The number of carbonyl (C=O) groups is 5. The molecule has 4 aliphatic rings. The minimum absolute atomic E-state index is 0.0138. The molecule has 44 heavy (non-hydrogen) atoms. The first-order valence-electron chi connectivity index (χ1n) is 15.7. The summed E-state index contributed by atoms with van der Waals surface area (Å²) >= 11 is 0. The van der Waals surface area contributed by atoms with E-state index in [-0.39, 0.29) is 31.6 Å². The van der Waals surface area contributed by atoms with Crippen LogP contribution in [0.3, 0.4) is 0 Å². The van der Waals surface area contributed by atoms with E-state index < -0.39 is 68.2 Å². The first kappa shape index (κ1) is 33.7. The summed E-state index contributed by atoms with van der Waals surface area (Å²) in [5.74, 6) is -2.18. The second-order valence-corrected chi connectivity index (χ2v) is 15.4. The van der Waals surface area contributed by atoms with Gasteiger partial charge in [0.2, 0.25) is 21.8 Å². The zero-order chi connectivity index (χ0) is 32.3. The summed E-state index contributed by atoms with van der Waals surface area (Å²) in [5.41, 5.74) is -2.29. The molecule has 1 aliphatic heterocycles. The van der Waals surface area contributed by atoms with Crippen molar-refractivity contribution in [1.82, 2.24) is 20.3 Å². The van der Waals surface area contributed by atoms with E-state index in [0.29, 0.717) is 31.6 Å². The van der Waals surface area contributed by atoms with E-state index in [1.54, 1.807) is 26.8 Å². The number of rotatable bonds is 13. The monoisotopic (exact) mass is 634 g/mol. The highest BCUT2D eigenvalue weighted by atomic mass is 32.2. The molecular weight excluding hydrogens is 588 g/mol. The molecule has 0 radical (unpaired) electrons. The smallest absolute Gasteiger partial charge is 0.408 e. The fourth-order valence-electron chi connectivity index (χ4n) is 5.99. The van der Waals surface area contributed by atoms with Gasteiger partial charge in [0.1, 0.15) is 23.2 Å². The van der Waals surface area contributed by atoms with E-state index in [1.165, 1.54) is 11.0 Å². The van der Waals surface area contributed by atoms with Crippen molar-refractivity contribution in [3.8, 4) is 0 Å². The van der Waals surface area contributed by atoms with Crippen molar-refractivity contribution < 1.29 is 37.1 Å². The number of allylic oxidation sites excluding steroid dienone is 2. The summed E-state index contributed by atoms with van der Waals surface area (Å²) in [4.78, 5) is 67.2. The number of likely N-dealkylation sites (tertiary alicyclic amines) is 1. The molecule has 0 unspecified atom stereocenters. The van der Waals surface area contributed by atoms with Crippen LogP contribution >= 0.6 is 0 Å². The normalized spacial score (nSPS) is 26.2. The van der Waals surface area contributed by atoms with Gasteiger partial charge in [-0.25, -0.2) is 13.2 Å². The third-order valence-corrected chi connectivity index (χ3v) is 10.5. The second-order valence-electron chi connectivity index (χ2n) is 13.5. The number of amides is 4. The standard InChI is InChI=1S/C31H46N4O8S/c1-5-21-19-31(21,28(39)34-44(41,42)23-15-16-23)33-26(37)25-11-8-18-35(25)27(38)24(32-29(40)43-30(2,3)4)17-14-22(36)13-12-20-9-6-7-10-20/h5,12-13,20-21,23-25H,1,6-11,14-19H2,2-4H3,(H,32,40)(H,33,37)(H,34,39)/t21-,24+,25+,31-/m1/s1. The summed E-state index contributed by atoms with van der Waals surface area (Å²) in [5, 5.41) is 4.71. The summed E-state index contributed by atoms with van der Waals surface area (Å²) in [7, 11) is -3.83. The molecule has 0 bridgehead atoms. The molecule has 0 spiro atoms. The average molecular weight is 635 g/mol. The van der Waals surface area contributed by atoms with Gasteiger partial charge >= 0.3 is 6.09 Å². The molecule has 1 saturated heterocycles. The number of nitrogens with one attached hydrogen (secondary N) is 3. The molecule has 3 N–H and O–H groups in total. The van der Waals surface area contributed by atoms with Crippen LogP contribution in [0.15, 0.2) is 24.8 Å². The number of sulfonamides is 1. The summed E-state index contributed by atoms with van der Waals surface area (Å²) in [6.45, 7) is 9.02. The molecule has 13 heteroatoms. The van der Waals surface area contributed by atoms with Crippen molar-refractivity contribution >= 4 is 39.6 Å². The molecule has 4 amide bonds. The van der Waals surface area contributed by atoms with E-state index in [1.807, 2.05) is 6.08 Å². The highest BCUT2D eigenvalue weighted by molar-refractivity contribution is 7.91. The van der Waals surface area contributed by atoms with Gasteiger partial charge in [-0.3, -0.25) is 23.9 Å². The van der Waals surface area contributed by atoms with Crippen LogP contribution in [-0.2, 0) is 33.9 Å². The Balaban J connectivity index is 1.44. The van der Waals surface area contributed by atoms with Crippen molar-refractivity contribution in [3.05, 3.63) is 24.8 Å². The van der Waals surface area contributed by atoms with Crippen molar-refractivity contribution in [1.29, 1.82) is 0 Å². The maximum Gasteiger partial charge on any atom is 0.408 e. The zero-order valence-electron chi connectivity index (χ0n) is 25.9. The van der Waals surface area contributed by atoms with Crippen molar-refractivity contribution in [2.45, 2.75) is 120 Å². The van der Waals surface area contributed by atoms with E-state index in [4.69, 9.17) is 4.74 Å². The number of nitrogens with zero attached hydrogens (tertiary/aromatic N) is 1. The van der Waals surface area contributed by atoms with Crippen LogP contribution in [0.1, 0.15) is 91.4 Å². The first-order valence-corrected chi connectivity index (χ1v) is 17.2. The van der Waals surface area contributed by atoms with Crippen molar-refractivity contribution in [2.75, 3.05) is 6.54 Å². The lowest BCUT2D eigenvalue weighted by molar-refractivity contribution is -0.141. The van der Waals surface area contributed by atoms with Crippen LogP contribution < -0.4 is 15.4 Å². The highest BCUT2D eigenvalue weighted by Gasteiger charge is 2.61. The molecule has 4 fully saturated rings. The van der Waals surface area contributed by atoms with Crippen LogP contribution in [0, 0.1) is 11.8 Å². The predicted octanol–water partition coefficient (Wildman–Crippen LogP) is 2.64. The lowest BCUT2D eigenvalue weighted by atomic mass is 10.0. The van der Waals surface area contributed by atoms with Crippen molar-refractivity contribution in [2.24, 2.45) is 11.8 Å². The molecule has 0 aromatic heterocycles. The van der Waals surface area contributed by atoms with Crippen LogP contribution in [0.5, 0.6) is 0 Å². The third kappa shape index (κ3) is 8.48. The van der Waals surface area contributed by atoms with Crippen molar-refractivity contribution in [3.63, 3.8) is 0 Å². The Morgan fingerprint density at radius 3 is 2.32 bits per heavy atom. The van der Waals surface area contributed by atoms with Gasteiger partial charge in [0.15, 0.2) is 5.78 Å². The molecule has 244 valence electrons. The highest BCUT2D eigenvalue weighted by Crippen LogP contribution is 2.45. The third-order valence-electron chi connectivity index (χ3n) is 8.71. The summed E-state index contributed by atoms with van der Waals surface area (Å²) < 4.78 is 32.3. The van der Waals surface area contributed by atoms with Crippen LogP contribution in [0.2, 0.25) is 0 Å². The lowest BCUT2D eigenvalue weighted by Crippen LogP contribution is -2.58. The number of hydrogen-bond acceptors (Lipinski definition) is 8. The zero-order valence-corrected chi connectivity index (χ0v) is 26.7. The predicted molar refractivity (Wildman–Crippen MR) is 162 cm³/mol. The van der Waals surface area contributed by atoms with E-state index >= 15 is 0 Å². The molecule has 0 aromatic rings. The Hall–Kier alpha value is -3.22. The minimum Gasteiger partial charge on any atom is -0.444 e. The van der Waals surface area contributed by atoms with Gasteiger partial charge in [-0.2, -0.15) is 0 Å². The number of alkyl carbamates (subject to hydrolysis) is 1. The van der Waals surface area contributed by atoms with Gasteiger partial charge in [-0.05, 0) is 84.1 Å². The molecule has 3 saturated carbocycles. The quantitative estimate of drug-likeness (QED) is 0.205. The molecule has 0 aromatic carbocycles. The molecule has 4 atom stereocenters. The van der Waals surface area contributed by atoms with Crippen LogP contribution in [-0.4, -0.2) is 77.9 Å². The number of carbonyl (C=O) groups excluding carboxylic acids is 5. The SMILES string of the molecule is C=C[C@@H]1C[C@]1(NC(=O)[C@@H]1CCCN1C(=O)[C@H](CCC(=O)C=CC1CCCC1)NC(=O)OC(C)(C)C)C(=O)NS(=O)(=O)C1CC1. The second kappa shape index (κ2) is 13.4. The minimum atomic E-state index is -3.83. The number of ether oxygens (including phenoxy) is 1. The average Bonchev–Trinajstić information content (AvgIpc) is 3.80. The fraction of sp³-hybridized carbons (Fsp3) is 0.710. The first-order chi connectivity index (χ1) is 20.6. The van der Waals surface area contributed by atoms with Gasteiger partial charge in [0.05, 0.1) is 5.25 Å². The van der Waals surface area contributed by atoms with Gasteiger partial charge in [-0.15, -0.1) is 6.58 Å². The fourth-order valence-corrected chi connectivity index (χ4v) is 7.36. The van der Waals surface area contributed by atoms with Gasteiger partial charge in [0, 0.05) is 18.9 Å². The van der Waals surface area contributed by atoms with E-state index in [9.17, 15) is 32.4 Å². The van der Waals surface area contributed by atoms with E-state index in [2.05, 4.69) is 21.9 Å². The maximum atomic E-state index is 13.8. The Labute approximate surface area is 259 Å². The Morgan fingerprint density at radius 2 is 1.73 bits per heavy atom. The van der Waals surface area contributed by atoms with Crippen LogP contribution in [0.25, 0.3) is 0 Å². The lowest BCUT2D eigenvalue weighted by Gasteiger charge is -2.30. The number of hydrogen-bond donors (Lipinski definition) is 3. The molecule has 4 rings (SSSR count). The summed E-state index contributed by atoms with van der Waals surface area (Å²) in [6, 6.07) is -2.07. The molecular formula is C31H46N4O8S. The molecule has 3 aliphatic carbocycles. The Morgan fingerprint density at radius 1 is 1.05 bits per heavy atom. The Bertz CT molecular complexity index is 1300. The molecule has 12 nitrogen and oxygen atoms in total. The topological polar surface area (TPSA) is 168 Å². The summed E-state index contributed by atoms with van der Waals surface area (Å²) in [6.07, 6.45) is 10.5. The maximum absolute atomic E-state index is 13.8. The Kier molecular flexibility index (Phi) is 10.3. The molecule has 1 heterocycles. The van der Waals surface area contributed by atoms with Gasteiger partial charge in [-0.1, -0.05) is 25.0 Å².